The molecule has 1 unspecified atom stereocenters. The Morgan fingerprint density at radius 3 is 2.95 bits per heavy atom. The number of carboxylic acid groups (broad SMARTS) is 1. The SMILES string of the molecule is O=C(O)CC1C(=O)NCCN1Cc1cc(Br)ccc1O. The smallest absolute Gasteiger partial charge is 0.305 e. The van der Waals surface area contributed by atoms with Crippen molar-refractivity contribution in [3.63, 3.8) is 0 Å². The highest BCUT2D eigenvalue weighted by molar-refractivity contribution is 9.10. The molecule has 0 aliphatic carbocycles. The van der Waals surface area contributed by atoms with Gasteiger partial charge < -0.3 is 15.5 Å². The zero-order chi connectivity index (χ0) is 14.7. The Morgan fingerprint density at radius 2 is 2.25 bits per heavy atom. The first-order valence-electron chi connectivity index (χ1n) is 6.18. The van der Waals surface area contributed by atoms with Crippen LogP contribution in [0.15, 0.2) is 22.7 Å². The van der Waals surface area contributed by atoms with Crippen molar-refractivity contribution in [1.82, 2.24) is 10.2 Å². The molecule has 1 aromatic carbocycles. The quantitative estimate of drug-likeness (QED) is 0.757. The Hall–Kier alpha value is -1.60. The average molecular weight is 343 g/mol. The second-order valence-corrected chi connectivity index (χ2v) is 5.56. The third kappa shape index (κ3) is 3.49. The number of rotatable bonds is 4. The molecule has 1 amide bonds. The molecule has 3 N–H and O–H groups in total. The molecule has 0 spiro atoms. The van der Waals surface area contributed by atoms with Gasteiger partial charge in [0.2, 0.25) is 5.91 Å². The van der Waals surface area contributed by atoms with E-state index < -0.39 is 12.0 Å². The molecule has 1 aliphatic heterocycles. The van der Waals surface area contributed by atoms with Crippen molar-refractivity contribution in [2.45, 2.75) is 19.0 Å². The van der Waals surface area contributed by atoms with E-state index in [0.29, 0.717) is 25.2 Å². The van der Waals surface area contributed by atoms with Crippen molar-refractivity contribution in [3.8, 4) is 5.75 Å². The van der Waals surface area contributed by atoms with E-state index in [1.54, 1.807) is 23.1 Å². The second-order valence-electron chi connectivity index (χ2n) is 4.65. The van der Waals surface area contributed by atoms with E-state index >= 15 is 0 Å². The van der Waals surface area contributed by atoms with Crippen molar-refractivity contribution < 1.29 is 19.8 Å². The van der Waals surface area contributed by atoms with Crippen molar-refractivity contribution in [3.05, 3.63) is 28.2 Å². The molecule has 1 aromatic rings. The standard InChI is InChI=1S/C13H15BrN2O4/c14-9-1-2-11(17)8(5-9)7-16-4-3-15-13(20)10(16)6-12(18)19/h1-2,5,10,17H,3-4,6-7H2,(H,15,20)(H,18,19). The normalized spacial score (nSPS) is 19.6. The highest BCUT2D eigenvalue weighted by Crippen LogP contribution is 2.24. The number of phenols is 1. The lowest BCUT2D eigenvalue weighted by Gasteiger charge is -2.34. The Labute approximate surface area is 124 Å². The van der Waals surface area contributed by atoms with E-state index in [-0.39, 0.29) is 18.1 Å². The molecule has 20 heavy (non-hydrogen) atoms. The summed E-state index contributed by atoms with van der Waals surface area (Å²) in [5.41, 5.74) is 0.657. The Balaban J connectivity index is 2.18. The molecule has 0 saturated carbocycles. The molecule has 1 atom stereocenters. The minimum Gasteiger partial charge on any atom is -0.508 e. The number of amides is 1. The second kappa shape index (κ2) is 6.23. The van der Waals surface area contributed by atoms with Crippen molar-refractivity contribution in [1.29, 1.82) is 0 Å². The van der Waals surface area contributed by atoms with Gasteiger partial charge in [0.1, 0.15) is 11.8 Å². The number of piperazine rings is 1. The number of carboxylic acids is 1. The van der Waals surface area contributed by atoms with E-state index in [4.69, 9.17) is 5.11 Å². The third-order valence-electron chi connectivity index (χ3n) is 3.22. The number of hydrogen-bond acceptors (Lipinski definition) is 4. The van der Waals surface area contributed by atoms with Gasteiger partial charge in [0.15, 0.2) is 0 Å². The lowest BCUT2D eigenvalue weighted by Crippen LogP contribution is -2.55. The van der Waals surface area contributed by atoms with Gasteiger partial charge in [-0.05, 0) is 18.2 Å². The summed E-state index contributed by atoms with van der Waals surface area (Å²) in [6, 6.07) is 4.34. The van der Waals surface area contributed by atoms with Crippen molar-refractivity contribution in [2.75, 3.05) is 13.1 Å². The first-order valence-corrected chi connectivity index (χ1v) is 6.97. The number of benzene rings is 1. The number of aromatic hydroxyl groups is 1. The van der Waals surface area contributed by atoms with Gasteiger partial charge in [-0.1, -0.05) is 15.9 Å². The molecule has 0 aromatic heterocycles. The molecular weight excluding hydrogens is 328 g/mol. The van der Waals surface area contributed by atoms with Gasteiger partial charge in [0.05, 0.1) is 6.42 Å². The lowest BCUT2D eigenvalue weighted by atomic mass is 10.1. The molecule has 1 saturated heterocycles. The fourth-order valence-corrected chi connectivity index (χ4v) is 2.65. The van der Waals surface area contributed by atoms with Gasteiger partial charge >= 0.3 is 5.97 Å². The van der Waals surface area contributed by atoms with Gasteiger partial charge in [-0.3, -0.25) is 14.5 Å². The fraction of sp³-hybridized carbons (Fsp3) is 0.385. The van der Waals surface area contributed by atoms with Gasteiger partial charge in [-0.15, -0.1) is 0 Å². The van der Waals surface area contributed by atoms with E-state index in [1.165, 1.54) is 0 Å². The highest BCUT2D eigenvalue weighted by atomic mass is 79.9. The summed E-state index contributed by atoms with van der Waals surface area (Å²) in [6.07, 6.45) is -0.249. The topological polar surface area (TPSA) is 89.9 Å². The van der Waals surface area contributed by atoms with Gasteiger partial charge in [-0.2, -0.15) is 0 Å². The van der Waals surface area contributed by atoms with Crippen LogP contribution in [0.4, 0.5) is 0 Å². The van der Waals surface area contributed by atoms with E-state index in [1.807, 2.05) is 0 Å². The highest BCUT2D eigenvalue weighted by Gasteiger charge is 2.31. The average Bonchev–Trinajstić information content (AvgIpc) is 2.37. The summed E-state index contributed by atoms with van der Waals surface area (Å²) in [7, 11) is 0. The summed E-state index contributed by atoms with van der Waals surface area (Å²) >= 11 is 3.33. The maximum atomic E-state index is 11.8. The fourth-order valence-electron chi connectivity index (χ4n) is 2.24. The van der Waals surface area contributed by atoms with Gasteiger partial charge in [0, 0.05) is 29.7 Å². The summed E-state index contributed by atoms with van der Waals surface area (Å²) in [5.74, 6) is -1.17. The van der Waals surface area contributed by atoms with E-state index in [9.17, 15) is 14.7 Å². The number of nitrogens with zero attached hydrogens (tertiary/aromatic N) is 1. The molecule has 1 aliphatic rings. The zero-order valence-corrected chi connectivity index (χ0v) is 12.3. The maximum absolute atomic E-state index is 11.8. The molecule has 6 nitrogen and oxygen atoms in total. The zero-order valence-electron chi connectivity index (χ0n) is 10.7. The molecule has 7 heteroatoms. The van der Waals surface area contributed by atoms with Crippen LogP contribution in [0.2, 0.25) is 0 Å². The summed E-state index contributed by atoms with van der Waals surface area (Å²) in [6.45, 7) is 1.36. The number of aliphatic carboxylic acids is 1. The predicted molar refractivity (Wildman–Crippen MR) is 75.3 cm³/mol. The van der Waals surface area contributed by atoms with E-state index in [2.05, 4.69) is 21.2 Å². The van der Waals surface area contributed by atoms with E-state index in [0.717, 1.165) is 4.47 Å². The number of carbonyl (C=O) groups is 2. The van der Waals surface area contributed by atoms with Crippen LogP contribution >= 0.6 is 15.9 Å². The lowest BCUT2D eigenvalue weighted by molar-refractivity contribution is -0.143. The number of hydrogen-bond donors (Lipinski definition) is 3. The van der Waals surface area contributed by atoms with Crippen LogP contribution in [0, 0.1) is 0 Å². The Bertz CT molecular complexity index is 535. The van der Waals surface area contributed by atoms with Crippen LogP contribution in [0.1, 0.15) is 12.0 Å². The Morgan fingerprint density at radius 1 is 1.50 bits per heavy atom. The van der Waals surface area contributed by atoms with Crippen LogP contribution in [0.25, 0.3) is 0 Å². The van der Waals surface area contributed by atoms with Crippen LogP contribution in [0.5, 0.6) is 5.75 Å². The largest absolute Gasteiger partial charge is 0.508 e. The molecule has 1 heterocycles. The first-order chi connectivity index (χ1) is 9.47. The van der Waals surface area contributed by atoms with Crippen LogP contribution in [-0.2, 0) is 16.1 Å². The molecule has 108 valence electrons. The molecule has 2 rings (SSSR count). The number of phenolic OH excluding ortho intramolecular Hbond substituents is 1. The predicted octanol–water partition coefficient (Wildman–Crippen LogP) is 0.930. The van der Waals surface area contributed by atoms with Crippen LogP contribution in [-0.4, -0.2) is 46.1 Å². The van der Waals surface area contributed by atoms with Gasteiger partial charge in [-0.25, -0.2) is 0 Å². The first kappa shape index (κ1) is 14.8. The number of nitrogens with one attached hydrogen (secondary N) is 1. The Kier molecular flexibility index (Phi) is 4.61. The third-order valence-corrected chi connectivity index (χ3v) is 3.72. The minimum absolute atomic E-state index is 0.133. The number of carbonyl (C=O) groups excluding carboxylic acids is 1. The molecule has 1 fully saturated rings. The monoisotopic (exact) mass is 342 g/mol. The summed E-state index contributed by atoms with van der Waals surface area (Å²) in [4.78, 5) is 24.4. The summed E-state index contributed by atoms with van der Waals surface area (Å²) < 4.78 is 0.821. The van der Waals surface area contributed by atoms with Crippen LogP contribution < -0.4 is 5.32 Å². The molecular formula is C13H15BrN2O4. The maximum Gasteiger partial charge on any atom is 0.305 e. The van der Waals surface area contributed by atoms with Gasteiger partial charge in [0.25, 0.3) is 0 Å². The van der Waals surface area contributed by atoms with Crippen molar-refractivity contribution >= 4 is 27.8 Å². The van der Waals surface area contributed by atoms with Crippen molar-refractivity contribution in [2.24, 2.45) is 0 Å². The summed E-state index contributed by atoms with van der Waals surface area (Å²) in [5, 5.41) is 21.4. The minimum atomic E-state index is -1.02. The number of halogens is 1. The molecule has 0 bridgehead atoms. The molecule has 0 radical (unpaired) electrons. The van der Waals surface area contributed by atoms with Crippen LogP contribution in [0.3, 0.4) is 0 Å².